The molecular formula is C12H15N3. The van der Waals surface area contributed by atoms with E-state index in [0.29, 0.717) is 0 Å². The second kappa shape index (κ2) is 3.50. The summed E-state index contributed by atoms with van der Waals surface area (Å²) >= 11 is 0. The molecule has 15 heavy (non-hydrogen) atoms. The average Bonchev–Trinajstić information content (AvgIpc) is 2.72. The fraction of sp³-hybridized carbons (Fsp3) is 0.333. The molecule has 0 saturated carbocycles. The largest absolute Gasteiger partial charge is 0.235 e. The summed E-state index contributed by atoms with van der Waals surface area (Å²) in [6.45, 7) is 8.11. The highest BCUT2D eigenvalue weighted by Gasteiger charge is 2.23. The number of benzene rings is 1. The summed E-state index contributed by atoms with van der Waals surface area (Å²) < 4.78 is 1.94. The Labute approximate surface area is 89.4 Å². The Morgan fingerprint density at radius 3 is 2.87 bits per heavy atom. The normalized spacial score (nSPS) is 15.1. The highest BCUT2D eigenvalue weighted by molar-refractivity contribution is 5.74. The molecule has 0 spiro atoms. The minimum atomic E-state index is -0.157. The van der Waals surface area contributed by atoms with Crippen LogP contribution in [-0.2, 0) is 5.54 Å². The third kappa shape index (κ3) is 1.44. The first kappa shape index (κ1) is 9.90. The van der Waals surface area contributed by atoms with Crippen LogP contribution in [0.2, 0.25) is 0 Å². The number of aromatic nitrogens is 3. The summed E-state index contributed by atoms with van der Waals surface area (Å²) in [5.74, 6) is 0. The molecule has 1 unspecified atom stereocenters. The van der Waals surface area contributed by atoms with Gasteiger partial charge in [0.05, 0.1) is 11.1 Å². The van der Waals surface area contributed by atoms with E-state index in [4.69, 9.17) is 0 Å². The average molecular weight is 201 g/mol. The number of hydrogen-bond donors (Lipinski definition) is 0. The van der Waals surface area contributed by atoms with Crippen molar-refractivity contribution in [3.05, 3.63) is 36.9 Å². The number of para-hydroxylation sites is 1. The molecule has 78 valence electrons. The molecular weight excluding hydrogens is 186 g/mol. The van der Waals surface area contributed by atoms with E-state index in [2.05, 4.69) is 30.7 Å². The van der Waals surface area contributed by atoms with Crippen LogP contribution in [0.25, 0.3) is 11.0 Å². The third-order valence-corrected chi connectivity index (χ3v) is 2.99. The number of fused-ring (bicyclic) bond motifs is 1. The van der Waals surface area contributed by atoms with Crippen LogP contribution in [0, 0.1) is 0 Å². The van der Waals surface area contributed by atoms with Crippen molar-refractivity contribution in [1.29, 1.82) is 0 Å². The van der Waals surface area contributed by atoms with Gasteiger partial charge in [-0.15, -0.1) is 11.7 Å². The molecule has 3 heteroatoms. The smallest absolute Gasteiger partial charge is 0.113 e. The van der Waals surface area contributed by atoms with E-state index >= 15 is 0 Å². The van der Waals surface area contributed by atoms with Crippen molar-refractivity contribution in [3.63, 3.8) is 0 Å². The Hall–Kier alpha value is -1.64. The lowest BCUT2D eigenvalue weighted by Crippen LogP contribution is -2.27. The molecule has 3 nitrogen and oxygen atoms in total. The maximum absolute atomic E-state index is 4.20. The van der Waals surface area contributed by atoms with Crippen LogP contribution in [0.1, 0.15) is 20.3 Å². The highest BCUT2D eigenvalue weighted by atomic mass is 15.4. The lowest BCUT2D eigenvalue weighted by Gasteiger charge is -2.24. The van der Waals surface area contributed by atoms with Gasteiger partial charge >= 0.3 is 0 Å². The van der Waals surface area contributed by atoms with Gasteiger partial charge in [-0.1, -0.05) is 30.3 Å². The van der Waals surface area contributed by atoms with Gasteiger partial charge in [0.15, 0.2) is 0 Å². The second-order valence-electron chi connectivity index (χ2n) is 3.90. The molecule has 0 radical (unpaired) electrons. The summed E-state index contributed by atoms with van der Waals surface area (Å²) in [6.07, 6.45) is 2.87. The Bertz CT molecular complexity index is 486. The van der Waals surface area contributed by atoms with Gasteiger partial charge in [-0.3, -0.25) is 0 Å². The Kier molecular flexibility index (Phi) is 2.31. The number of hydrogen-bond acceptors (Lipinski definition) is 2. The molecule has 0 fully saturated rings. The number of nitrogens with zero attached hydrogens (tertiary/aromatic N) is 3. The molecule has 1 aromatic heterocycles. The molecule has 1 heterocycles. The van der Waals surface area contributed by atoms with E-state index in [0.717, 1.165) is 17.5 Å². The molecule has 0 aliphatic heterocycles. The summed E-state index contributed by atoms with van der Waals surface area (Å²) in [4.78, 5) is 0. The predicted octanol–water partition coefficient (Wildman–Crippen LogP) is 2.74. The van der Waals surface area contributed by atoms with Crippen LogP contribution in [-0.4, -0.2) is 15.0 Å². The van der Waals surface area contributed by atoms with Gasteiger partial charge in [0.2, 0.25) is 0 Å². The SMILES string of the molecule is C=CC(C)(CC)n1nnc2ccccc21. The molecule has 0 aliphatic rings. The molecule has 1 aromatic carbocycles. The van der Waals surface area contributed by atoms with E-state index in [1.54, 1.807) is 0 Å². The zero-order valence-corrected chi connectivity index (χ0v) is 9.14. The standard InChI is InChI=1S/C12H15N3/c1-4-12(3,5-2)15-11-9-7-6-8-10(11)13-14-15/h4,6-9H,1,5H2,2-3H3. The van der Waals surface area contributed by atoms with Crippen molar-refractivity contribution < 1.29 is 0 Å². The zero-order valence-electron chi connectivity index (χ0n) is 9.14. The van der Waals surface area contributed by atoms with Crippen LogP contribution in [0.5, 0.6) is 0 Å². The van der Waals surface area contributed by atoms with Crippen LogP contribution in [0.3, 0.4) is 0 Å². The molecule has 1 atom stereocenters. The monoisotopic (exact) mass is 201 g/mol. The Morgan fingerprint density at radius 2 is 2.20 bits per heavy atom. The van der Waals surface area contributed by atoms with E-state index in [-0.39, 0.29) is 5.54 Å². The maximum atomic E-state index is 4.20. The summed E-state index contributed by atoms with van der Waals surface area (Å²) in [6, 6.07) is 7.98. The molecule has 2 aromatic rings. The minimum absolute atomic E-state index is 0.157. The number of allylic oxidation sites excluding steroid dienone is 1. The van der Waals surface area contributed by atoms with Crippen LogP contribution in [0.15, 0.2) is 36.9 Å². The van der Waals surface area contributed by atoms with Crippen molar-refractivity contribution >= 4 is 11.0 Å². The van der Waals surface area contributed by atoms with Crippen molar-refractivity contribution in [2.75, 3.05) is 0 Å². The van der Waals surface area contributed by atoms with Gasteiger partial charge in [-0.25, -0.2) is 4.68 Å². The molecule has 0 N–H and O–H groups in total. The quantitative estimate of drug-likeness (QED) is 0.715. The molecule has 0 aliphatic carbocycles. The van der Waals surface area contributed by atoms with Crippen molar-refractivity contribution in [3.8, 4) is 0 Å². The molecule has 0 amide bonds. The summed E-state index contributed by atoms with van der Waals surface area (Å²) in [5.41, 5.74) is 1.83. The van der Waals surface area contributed by atoms with Crippen LogP contribution in [0.4, 0.5) is 0 Å². The Morgan fingerprint density at radius 1 is 1.47 bits per heavy atom. The van der Waals surface area contributed by atoms with E-state index in [1.165, 1.54) is 0 Å². The Balaban J connectivity index is 2.66. The van der Waals surface area contributed by atoms with Crippen molar-refractivity contribution in [2.45, 2.75) is 25.8 Å². The van der Waals surface area contributed by atoms with Crippen molar-refractivity contribution in [1.82, 2.24) is 15.0 Å². The first-order valence-electron chi connectivity index (χ1n) is 5.16. The lowest BCUT2D eigenvalue weighted by molar-refractivity contribution is 0.359. The van der Waals surface area contributed by atoms with Crippen LogP contribution < -0.4 is 0 Å². The summed E-state index contributed by atoms with van der Waals surface area (Å²) in [5, 5.41) is 8.35. The van der Waals surface area contributed by atoms with E-state index in [1.807, 2.05) is 35.0 Å². The summed E-state index contributed by atoms with van der Waals surface area (Å²) in [7, 11) is 0. The topological polar surface area (TPSA) is 30.7 Å². The second-order valence-corrected chi connectivity index (χ2v) is 3.90. The highest BCUT2D eigenvalue weighted by Crippen LogP contribution is 2.24. The van der Waals surface area contributed by atoms with Gasteiger partial charge < -0.3 is 0 Å². The van der Waals surface area contributed by atoms with E-state index < -0.39 is 0 Å². The predicted molar refractivity (Wildman–Crippen MR) is 61.7 cm³/mol. The van der Waals surface area contributed by atoms with Crippen molar-refractivity contribution in [2.24, 2.45) is 0 Å². The van der Waals surface area contributed by atoms with Gasteiger partial charge in [0.1, 0.15) is 5.52 Å². The number of rotatable bonds is 3. The first-order valence-corrected chi connectivity index (χ1v) is 5.16. The first-order chi connectivity index (χ1) is 7.21. The lowest BCUT2D eigenvalue weighted by atomic mass is 9.99. The zero-order chi connectivity index (χ0) is 10.9. The fourth-order valence-corrected chi connectivity index (χ4v) is 1.63. The minimum Gasteiger partial charge on any atom is -0.235 e. The molecule has 2 rings (SSSR count). The van der Waals surface area contributed by atoms with Crippen LogP contribution >= 0.6 is 0 Å². The van der Waals surface area contributed by atoms with Gasteiger partial charge in [0, 0.05) is 0 Å². The molecule has 0 bridgehead atoms. The van der Waals surface area contributed by atoms with E-state index in [9.17, 15) is 0 Å². The maximum Gasteiger partial charge on any atom is 0.113 e. The fourth-order valence-electron chi connectivity index (χ4n) is 1.63. The molecule has 0 saturated heterocycles. The van der Waals surface area contributed by atoms with Gasteiger partial charge in [-0.2, -0.15) is 0 Å². The third-order valence-electron chi connectivity index (χ3n) is 2.99. The van der Waals surface area contributed by atoms with Gasteiger partial charge in [-0.05, 0) is 25.5 Å². The van der Waals surface area contributed by atoms with Gasteiger partial charge in [0.25, 0.3) is 0 Å².